The quantitative estimate of drug-likeness (QED) is 0.808. The molecule has 1 aromatic heterocycles. The summed E-state index contributed by atoms with van der Waals surface area (Å²) in [5, 5.41) is 9.22. The van der Waals surface area contributed by atoms with E-state index in [1.54, 1.807) is 11.8 Å². The monoisotopic (exact) mass is 295 g/mol. The number of H-pyrrole nitrogens is 1. The summed E-state index contributed by atoms with van der Waals surface area (Å²) in [5.41, 5.74) is 0. The summed E-state index contributed by atoms with van der Waals surface area (Å²) in [7, 11) is 0. The first kappa shape index (κ1) is 15.4. The molecule has 0 spiro atoms. The second-order valence-electron chi connectivity index (χ2n) is 5.33. The lowest BCUT2D eigenvalue weighted by Crippen LogP contribution is -2.50. The fourth-order valence-corrected chi connectivity index (χ4v) is 2.01. The van der Waals surface area contributed by atoms with Crippen LogP contribution in [0, 0.1) is 0 Å². The van der Waals surface area contributed by atoms with Gasteiger partial charge in [-0.1, -0.05) is 13.8 Å². The van der Waals surface area contributed by atoms with Gasteiger partial charge in [-0.05, 0) is 6.92 Å². The van der Waals surface area contributed by atoms with E-state index in [-0.39, 0.29) is 17.6 Å². The van der Waals surface area contributed by atoms with Crippen LogP contribution in [0.25, 0.3) is 0 Å². The molecule has 2 amide bonds. The van der Waals surface area contributed by atoms with Crippen molar-refractivity contribution in [3.8, 4) is 0 Å². The van der Waals surface area contributed by atoms with Gasteiger partial charge in [0.2, 0.25) is 11.7 Å². The number of hydrogen-bond acceptors (Lipinski definition) is 5. The van der Waals surface area contributed by atoms with Crippen molar-refractivity contribution in [2.75, 3.05) is 26.3 Å². The molecule has 1 aromatic rings. The molecule has 0 radical (unpaired) electrons. The smallest absolute Gasteiger partial charge is 0.291 e. The zero-order chi connectivity index (χ0) is 15.4. The minimum Gasteiger partial charge on any atom is -0.378 e. The highest BCUT2D eigenvalue weighted by molar-refractivity contribution is 5.94. The average Bonchev–Trinajstić information content (AvgIpc) is 2.97. The molecule has 8 nitrogen and oxygen atoms in total. The minimum atomic E-state index is -0.614. The molecule has 0 aliphatic carbocycles. The third-order valence-corrected chi connectivity index (χ3v) is 3.29. The normalized spacial score (nSPS) is 16.9. The topological polar surface area (TPSA) is 100 Å². The second-order valence-corrected chi connectivity index (χ2v) is 5.33. The van der Waals surface area contributed by atoms with Crippen LogP contribution in [0.2, 0.25) is 0 Å². The number of nitrogens with zero attached hydrogens (tertiary/aromatic N) is 3. The first-order valence-electron chi connectivity index (χ1n) is 7.08. The van der Waals surface area contributed by atoms with Crippen LogP contribution in [0.1, 0.15) is 43.1 Å². The number of rotatable bonds is 4. The molecule has 2 N–H and O–H groups in total. The Morgan fingerprint density at radius 2 is 1.95 bits per heavy atom. The number of aromatic amines is 1. The van der Waals surface area contributed by atoms with Crippen LogP contribution in [0.5, 0.6) is 0 Å². The maximum absolute atomic E-state index is 12.2. The van der Waals surface area contributed by atoms with Gasteiger partial charge in [-0.3, -0.25) is 14.7 Å². The van der Waals surface area contributed by atoms with Crippen molar-refractivity contribution in [3.05, 3.63) is 11.6 Å². The molecule has 2 heterocycles. The number of hydrogen-bond donors (Lipinski definition) is 2. The molecule has 116 valence electrons. The molecule has 8 heteroatoms. The lowest BCUT2D eigenvalue weighted by molar-refractivity contribution is -0.136. The maximum Gasteiger partial charge on any atom is 0.291 e. The molecule has 1 saturated heterocycles. The van der Waals surface area contributed by atoms with Crippen LogP contribution < -0.4 is 5.32 Å². The summed E-state index contributed by atoms with van der Waals surface area (Å²) in [6.07, 6.45) is 0. The molecule has 2 rings (SSSR count). The Labute approximate surface area is 123 Å². The first-order valence-corrected chi connectivity index (χ1v) is 7.08. The Hall–Kier alpha value is -1.96. The Bertz CT molecular complexity index is 508. The van der Waals surface area contributed by atoms with Gasteiger partial charge in [0.25, 0.3) is 5.91 Å². The van der Waals surface area contributed by atoms with Gasteiger partial charge in [0.15, 0.2) is 0 Å². The molecule has 0 aromatic carbocycles. The highest BCUT2D eigenvalue weighted by Gasteiger charge is 2.25. The van der Waals surface area contributed by atoms with E-state index < -0.39 is 11.9 Å². The van der Waals surface area contributed by atoms with Gasteiger partial charge in [0.1, 0.15) is 11.9 Å². The van der Waals surface area contributed by atoms with Crippen LogP contribution in [-0.2, 0) is 9.53 Å². The Morgan fingerprint density at radius 1 is 1.29 bits per heavy atom. The molecule has 1 aliphatic rings. The average molecular weight is 295 g/mol. The Kier molecular flexibility index (Phi) is 4.89. The van der Waals surface area contributed by atoms with Crippen LogP contribution in [0.4, 0.5) is 0 Å². The van der Waals surface area contributed by atoms with E-state index in [9.17, 15) is 9.59 Å². The Morgan fingerprint density at radius 3 is 2.52 bits per heavy atom. The number of morpholine rings is 1. The number of ether oxygens (including phenoxy) is 1. The van der Waals surface area contributed by atoms with Gasteiger partial charge in [-0.15, -0.1) is 5.10 Å². The van der Waals surface area contributed by atoms with Gasteiger partial charge < -0.3 is 15.0 Å². The zero-order valence-electron chi connectivity index (χ0n) is 12.5. The number of aromatic nitrogens is 3. The third-order valence-electron chi connectivity index (χ3n) is 3.29. The summed E-state index contributed by atoms with van der Waals surface area (Å²) in [6, 6.07) is -0.614. The van der Waals surface area contributed by atoms with Crippen LogP contribution in [-0.4, -0.2) is 64.2 Å². The van der Waals surface area contributed by atoms with Crippen molar-refractivity contribution in [3.63, 3.8) is 0 Å². The van der Waals surface area contributed by atoms with Crippen molar-refractivity contribution in [2.45, 2.75) is 32.7 Å². The lowest BCUT2D eigenvalue weighted by Gasteiger charge is -2.29. The molecule has 0 bridgehead atoms. The number of amides is 2. The predicted molar refractivity (Wildman–Crippen MR) is 74.8 cm³/mol. The summed E-state index contributed by atoms with van der Waals surface area (Å²) >= 11 is 0. The van der Waals surface area contributed by atoms with Crippen molar-refractivity contribution >= 4 is 11.8 Å². The molecule has 1 unspecified atom stereocenters. The number of carbonyl (C=O) groups excluding carboxylic acids is 2. The largest absolute Gasteiger partial charge is 0.378 e. The van der Waals surface area contributed by atoms with Crippen molar-refractivity contribution in [1.29, 1.82) is 0 Å². The van der Waals surface area contributed by atoms with E-state index in [0.717, 1.165) is 0 Å². The molecule has 1 atom stereocenters. The lowest BCUT2D eigenvalue weighted by atomic mass is 10.2. The van der Waals surface area contributed by atoms with Gasteiger partial charge in [-0.25, -0.2) is 4.98 Å². The highest BCUT2D eigenvalue weighted by Crippen LogP contribution is 2.08. The summed E-state index contributed by atoms with van der Waals surface area (Å²) < 4.78 is 5.20. The second kappa shape index (κ2) is 6.66. The fourth-order valence-electron chi connectivity index (χ4n) is 2.01. The van der Waals surface area contributed by atoms with E-state index in [1.165, 1.54) is 0 Å². The first-order chi connectivity index (χ1) is 9.99. The van der Waals surface area contributed by atoms with Crippen LogP contribution in [0.15, 0.2) is 0 Å². The van der Waals surface area contributed by atoms with E-state index in [4.69, 9.17) is 4.74 Å². The van der Waals surface area contributed by atoms with Crippen LogP contribution in [0.3, 0.4) is 0 Å². The summed E-state index contributed by atoms with van der Waals surface area (Å²) in [4.78, 5) is 30.0. The zero-order valence-corrected chi connectivity index (χ0v) is 12.5. The Balaban J connectivity index is 1.92. The predicted octanol–water partition coefficient (Wildman–Crippen LogP) is -0.0948. The standard InChI is InChI=1S/C13H21N5O3/c1-8(2)10-15-11(17-16-10)12(19)14-9(3)13(20)18-4-6-21-7-5-18/h8-9H,4-7H2,1-3H3,(H,14,19)(H,15,16,17). The van der Waals surface area contributed by atoms with E-state index >= 15 is 0 Å². The van der Waals surface area contributed by atoms with E-state index in [0.29, 0.717) is 32.1 Å². The summed E-state index contributed by atoms with van der Waals surface area (Å²) in [5.74, 6) is 0.289. The fraction of sp³-hybridized carbons (Fsp3) is 0.692. The van der Waals surface area contributed by atoms with Crippen molar-refractivity contribution in [1.82, 2.24) is 25.4 Å². The number of nitrogens with one attached hydrogen (secondary N) is 2. The van der Waals surface area contributed by atoms with E-state index in [2.05, 4.69) is 20.5 Å². The molecule has 21 heavy (non-hydrogen) atoms. The van der Waals surface area contributed by atoms with Crippen molar-refractivity contribution < 1.29 is 14.3 Å². The van der Waals surface area contributed by atoms with Gasteiger partial charge >= 0.3 is 0 Å². The highest BCUT2D eigenvalue weighted by atomic mass is 16.5. The van der Waals surface area contributed by atoms with E-state index in [1.807, 2.05) is 13.8 Å². The molecular weight excluding hydrogens is 274 g/mol. The third kappa shape index (κ3) is 3.78. The molecule has 1 fully saturated rings. The van der Waals surface area contributed by atoms with Gasteiger partial charge in [0.05, 0.1) is 13.2 Å². The maximum atomic E-state index is 12.2. The number of carbonyl (C=O) groups is 2. The van der Waals surface area contributed by atoms with Gasteiger partial charge in [-0.2, -0.15) is 0 Å². The SMILES string of the molecule is CC(NC(=O)c1n[nH]c(C(C)C)n1)C(=O)N1CCOCC1. The molecule has 1 aliphatic heterocycles. The van der Waals surface area contributed by atoms with Gasteiger partial charge in [0, 0.05) is 19.0 Å². The molecule has 0 saturated carbocycles. The molecular formula is C13H21N5O3. The van der Waals surface area contributed by atoms with Crippen LogP contribution >= 0.6 is 0 Å². The summed E-state index contributed by atoms with van der Waals surface area (Å²) in [6.45, 7) is 7.73. The minimum absolute atomic E-state index is 0.0559. The van der Waals surface area contributed by atoms with Crippen molar-refractivity contribution in [2.24, 2.45) is 0 Å².